The minimum atomic E-state index is -3.55. The second kappa shape index (κ2) is 7.64. The molecule has 1 fully saturated rings. The van der Waals surface area contributed by atoms with Crippen LogP contribution in [0.15, 0.2) is 50.0 Å². The van der Waals surface area contributed by atoms with E-state index in [1.165, 1.54) is 17.8 Å². The van der Waals surface area contributed by atoms with Crippen molar-refractivity contribution < 1.29 is 12.9 Å². The van der Waals surface area contributed by atoms with Crippen LogP contribution in [0.5, 0.6) is 0 Å². The molecule has 0 N–H and O–H groups in total. The first-order chi connectivity index (χ1) is 12.6. The van der Waals surface area contributed by atoms with Crippen LogP contribution in [0.3, 0.4) is 0 Å². The molecule has 0 atom stereocenters. The van der Waals surface area contributed by atoms with Crippen molar-refractivity contribution in [3.63, 3.8) is 0 Å². The average Bonchev–Trinajstić information content (AvgIpc) is 3.42. The van der Waals surface area contributed by atoms with Crippen molar-refractivity contribution in [3.8, 4) is 11.3 Å². The summed E-state index contributed by atoms with van der Waals surface area (Å²) in [6.45, 7) is 0.445. The van der Waals surface area contributed by atoms with Gasteiger partial charge in [0.25, 0.3) is 10.0 Å². The maximum atomic E-state index is 13.4. The number of nitrogens with zero attached hydrogens (tertiary/aromatic N) is 2. The largest absolute Gasteiger partial charge is 0.356 e. The maximum Gasteiger partial charge on any atom is 0.253 e. The first-order valence-corrected chi connectivity index (χ1v) is 11.9. The van der Waals surface area contributed by atoms with Gasteiger partial charge in [-0.3, -0.25) is 0 Å². The molecule has 0 radical (unpaired) electrons. The molecule has 1 aliphatic carbocycles. The van der Waals surface area contributed by atoms with Crippen LogP contribution in [-0.4, -0.2) is 23.9 Å². The predicted molar refractivity (Wildman–Crippen MR) is 104 cm³/mol. The van der Waals surface area contributed by atoms with Gasteiger partial charge < -0.3 is 4.52 Å². The van der Waals surface area contributed by atoms with Crippen molar-refractivity contribution in [1.82, 2.24) is 9.46 Å². The van der Waals surface area contributed by atoms with Crippen molar-refractivity contribution in [2.24, 2.45) is 0 Å². The van der Waals surface area contributed by atoms with Gasteiger partial charge in [0, 0.05) is 34.5 Å². The third-order valence-electron chi connectivity index (χ3n) is 4.73. The van der Waals surface area contributed by atoms with Gasteiger partial charge in [0.05, 0.1) is 6.20 Å². The van der Waals surface area contributed by atoms with E-state index in [4.69, 9.17) is 4.52 Å². The standard InChI is InChI=1S/C18H20N2O3S3/c21-26(22,18-11-14(13-25-18)17-8-9-19-23-17)20(12-16-7-4-10-24-16)15-5-2-1-3-6-15/h4,7-11,13,15H,1-3,5-6,12H2. The normalized spacial score (nSPS) is 16.3. The van der Waals surface area contributed by atoms with E-state index in [0.717, 1.165) is 36.1 Å². The fraction of sp³-hybridized carbons (Fsp3) is 0.389. The van der Waals surface area contributed by atoms with E-state index in [-0.39, 0.29) is 6.04 Å². The highest BCUT2D eigenvalue weighted by Crippen LogP contribution is 2.34. The highest BCUT2D eigenvalue weighted by atomic mass is 32.2. The van der Waals surface area contributed by atoms with Crippen LogP contribution in [-0.2, 0) is 16.6 Å². The third-order valence-corrected chi connectivity index (χ3v) is 8.91. The lowest BCUT2D eigenvalue weighted by Gasteiger charge is -2.32. The number of rotatable bonds is 6. The predicted octanol–water partition coefficient (Wildman–Crippen LogP) is 4.99. The van der Waals surface area contributed by atoms with Crippen molar-refractivity contribution in [2.45, 2.75) is 48.9 Å². The molecule has 3 heterocycles. The summed E-state index contributed by atoms with van der Waals surface area (Å²) < 4.78 is 34.1. The molecule has 0 amide bonds. The van der Waals surface area contributed by atoms with Crippen LogP contribution in [0.2, 0.25) is 0 Å². The fourth-order valence-electron chi connectivity index (χ4n) is 3.40. The van der Waals surface area contributed by atoms with Gasteiger partial charge in [-0.1, -0.05) is 30.5 Å². The van der Waals surface area contributed by atoms with Gasteiger partial charge in [0.15, 0.2) is 5.76 Å². The summed E-state index contributed by atoms with van der Waals surface area (Å²) in [5, 5.41) is 7.51. The molecule has 138 valence electrons. The summed E-state index contributed by atoms with van der Waals surface area (Å²) in [4.78, 5) is 1.08. The Morgan fingerprint density at radius 1 is 1.19 bits per heavy atom. The molecule has 1 aliphatic rings. The first-order valence-electron chi connectivity index (χ1n) is 8.68. The summed E-state index contributed by atoms with van der Waals surface area (Å²) in [5.74, 6) is 0.588. The van der Waals surface area contributed by atoms with Crippen molar-refractivity contribution >= 4 is 32.7 Å². The smallest absolute Gasteiger partial charge is 0.253 e. The molecule has 4 rings (SSSR count). The first kappa shape index (κ1) is 17.9. The molecular weight excluding hydrogens is 388 g/mol. The Morgan fingerprint density at radius 3 is 2.73 bits per heavy atom. The van der Waals surface area contributed by atoms with Gasteiger partial charge in [0.1, 0.15) is 4.21 Å². The van der Waals surface area contributed by atoms with Gasteiger partial charge in [0.2, 0.25) is 0 Å². The Labute approximate surface area is 161 Å². The molecule has 0 bridgehead atoms. The van der Waals surface area contributed by atoms with E-state index in [0.29, 0.717) is 16.5 Å². The van der Waals surface area contributed by atoms with Gasteiger partial charge in [-0.25, -0.2) is 8.42 Å². The number of sulfonamides is 1. The number of aromatic nitrogens is 1. The molecule has 8 heteroatoms. The molecular formula is C18H20N2O3S3. The highest BCUT2D eigenvalue weighted by molar-refractivity contribution is 7.91. The molecule has 0 unspecified atom stereocenters. The van der Waals surface area contributed by atoms with Gasteiger partial charge >= 0.3 is 0 Å². The van der Waals surface area contributed by atoms with E-state index in [1.54, 1.807) is 34.0 Å². The van der Waals surface area contributed by atoms with Crippen LogP contribution < -0.4 is 0 Å². The van der Waals surface area contributed by atoms with Crippen molar-refractivity contribution in [3.05, 3.63) is 46.1 Å². The van der Waals surface area contributed by atoms with E-state index < -0.39 is 10.0 Å². The summed E-state index contributed by atoms with van der Waals surface area (Å²) in [6, 6.07) is 7.49. The molecule has 0 spiro atoms. The summed E-state index contributed by atoms with van der Waals surface area (Å²) in [6.07, 6.45) is 6.81. The Bertz CT molecular complexity index is 924. The van der Waals surface area contributed by atoms with Crippen LogP contribution in [0.25, 0.3) is 11.3 Å². The molecule has 26 heavy (non-hydrogen) atoms. The third kappa shape index (κ3) is 3.64. The zero-order chi connectivity index (χ0) is 18.0. The maximum absolute atomic E-state index is 13.4. The topological polar surface area (TPSA) is 63.4 Å². The number of thiophene rings is 2. The summed E-state index contributed by atoms with van der Waals surface area (Å²) in [5.41, 5.74) is 0.755. The fourth-order valence-corrected chi connectivity index (χ4v) is 7.14. The van der Waals surface area contributed by atoms with Crippen molar-refractivity contribution in [2.75, 3.05) is 0 Å². The molecule has 5 nitrogen and oxygen atoms in total. The van der Waals surface area contributed by atoms with Gasteiger partial charge in [-0.05, 0) is 30.4 Å². The van der Waals surface area contributed by atoms with Crippen LogP contribution in [0.1, 0.15) is 37.0 Å². The Morgan fingerprint density at radius 2 is 2.04 bits per heavy atom. The van der Waals surface area contributed by atoms with E-state index in [2.05, 4.69) is 5.16 Å². The zero-order valence-corrected chi connectivity index (χ0v) is 16.7. The van der Waals surface area contributed by atoms with Gasteiger partial charge in [-0.15, -0.1) is 22.7 Å². The molecule has 0 aromatic carbocycles. The molecule has 3 aromatic heterocycles. The lowest BCUT2D eigenvalue weighted by molar-refractivity contribution is 0.249. The van der Waals surface area contributed by atoms with E-state index in [1.807, 2.05) is 22.9 Å². The molecule has 0 aliphatic heterocycles. The monoisotopic (exact) mass is 408 g/mol. The number of hydrogen-bond acceptors (Lipinski definition) is 6. The summed E-state index contributed by atoms with van der Waals surface area (Å²) in [7, 11) is -3.55. The summed E-state index contributed by atoms with van der Waals surface area (Å²) >= 11 is 2.85. The second-order valence-corrected chi connectivity index (χ2v) is 10.5. The molecule has 0 saturated heterocycles. The lowest BCUT2D eigenvalue weighted by atomic mass is 9.95. The Kier molecular flexibility index (Phi) is 5.26. The van der Waals surface area contributed by atoms with Crippen LogP contribution in [0.4, 0.5) is 0 Å². The van der Waals surface area contributed by atoms with Crippen LogP contribution in [0, 0.1) is 0 Å². The van der Waals surface area contributed by atoms with Crippen molar-refractivity contribution in [1.29, 1.82) is 0 Å². The van der Waals surface area contributed by atoms with Crippen LogP contribution >= 0.6 is 22.7 Å². The van der Waals surface area contributed by atoms with Gasteiger partial charge in [-0.2, -0.15) is 4.31 Å². The molecule has 3 aromatic rings. The number of hydrogen-bond donors (Lipinski definition) is 0. The molecule has 1 saturated carbocycles. The average molecular weight is 409 g/mol. The quantitative estimate of drug-likeness (QED) is 0.576. The lowest BCUT2D eigenvalue weighted by Crippen LogP contribution is -2.40. The highest BCUT2D eigenvalue weighted by Gasteiger charge is 2.34. The SMILES string of the molecule is O=S(=O)(c1cc(-c2ccno2)cs1)N(Cc1cccs1)C1CCCCC1. The Hall–Kier alpha value is -1.48. The Balaban J connectivity index is 1.66. The minimum Gasteiger partial charge on any atom is -0.356 e. The van der Waals surface area contributed by atoms with E-state index in [9.17, 15) is 8.42 Å². The van der Waals surface area contributed by atoms with E-state index >= 15 is 0 Å². The minimum absolute atomic E-state index is 0.0756. The second-order valence-electron chi connectivity index (χ2n) is 6.45. The zero-order valence-electron chi connectivity index (χ0n) is 14.2.